The van der Waals surface area contributed by atoms with Crippen LogP contribution in [0.2, 0.25) is 0 Å². The monoisotopic (exact) mass is 442 g/mol. The number of allylic oxidation sites excluding steroid dienone is 1. The van der Waals surface area contributed by atoms with Gasteiger partial charge in [-0.2, -0.15) is 0 Å². The number of Topliss-reactive ketones (excluding diaryl/α,β-unsaturated/α-hetero) is 1. The molecule has 182 valence electrons. The number of hydrogen-bond acceptors (Lipinski definition) is 2. The zero-order valence-electron chi connectivity index (χ0n) is 22.0. The molecule has 1 N–H and O–H groups in total. The standard InChI is InChI=1S/C30H50O2/c1-18(2)24(19(3)4)17-28(32)20(5)25-10-11-26-23-9-8-21-16-22(31)12-14-29(21,6)27(23)13-15-30(25,26)7/h8,18-20,22-27,31H,9-17H2,1-7H3/t20-,22-,23?,25+,26?,27?,29-,30+/m0/s1. The quantitative estimate of drug-likeness (QED) is 0.434. The van der Waals surface area contributed by atoms with E-state index in [1.807, 2.05) is 0 Å². The van der Waals surface area contributed by atoms with Crippen LogP contribution < -0.4 is 0 Å². The largest absolute Gasteiger partial charge is 0.393 e. The number of carbonyl (C=O) groups excluding carboxylic acids is 1. The highest BCUT2D eigenvalue weighted by atomic mass is 16.3. The molecule has 3 saturated carbocycles. The van der Waals surface area contributed by atoms with Crippen molar-refractivity contribution >= 4 is 5.78 Å². The Morgan fingerprint density at radius 2 is 1.69 bits per heavy atom. The molecule has 0 aromatic heterocycles. The van der Waals surface area contributed by atoms with E-state index in [0.29, 0.717) is 40.3 Å². The molecule has 4 aliphatic carbocycles. The number of fused-ring (bicyclic) bond motifs is 5. The van der Waals surface area contributed by atoms with Crippen LogP contribution in [0.1, 0.15) is 106 Å². The first kappa shape index (κ1) is 24.5. The Bertz CT molecular complexity index is 727. The topological polar surface area (TPSA) is 37.3 Å². The van der Waals surface area contributed by atoms with Crippen LogP contribution in [0.25, 0.3) is 0 Å². The van der Waals surface area contributed by atoms with Crippen LogP contribution in [-0.4, -0.2) is 17.0 Å². The molecule has 0 amide bonds. The molecule has 4 rings (SSSR count). The Morgan fingerprint density at radius 1 is 1.00 bits per heavy atom. The first-order valence-electron chi connectivity index (χ1n) is 13.9. The third-order valence-corrected chi connectivity index (χ3v) is 11.4. The van der Waals surface area contributed by atoms with E-state index in [0.717, 1.165) is 43.4 Å². The van der Waals surface area contributed by atoms with Gasteiger partial charge in [-0.1, -0.05) is 60.1 Å². The normalized spacial score (nSPS) is 42.5. The van der Waals surface area contributed by atoms with E-state index in [4.69, 9.17) is 0 Å². The SMILES string of the molecule is CC(C)C(CC(=O)[C@@H](C)[C@H]1CCC2C3CC=C4C[C@@H](O)CC[C@]4(C)C3CC[C@@]21C)C(C)C. The van der Waals surface area contributed by atoms with Crippen molar-refractivity contribution in [3.63, 3.8) is 0 Å². The molecule has 0 saturated heterocycles. The summed E-state index contributed by atoms with van der Waals surface area (Å²) in [5.74, 6) is 5.30. The van der Waals surface area contributed by atoms with Gasteiger partial charge < -0.3 is 5.11 Å². The van der Waals surface area contributed by atoms with Crippen molar-refractivity contribution in [2.24, 2.45) is 58.2 Å². The summed E-state index contributed by atoms with van der Waals surface area (Å²) in [6.45, 7) is 16.5. The van der Waals surface area contributed by atoms with Gasteiger partial charge in [-0.3, -0.25) is 4.79 Å². The molecule has 2 nitrogen and oxygen atoms in total. The number of aliphatic hydroxyl groups excluding tert-OH is 1. The highest BCUT2D eigenvalue weighted by Gasteiger charge is 2.59. The van der Waals surface area contributed by atoms with Gasteiger partial charge in [-0.15, -0.1) is 0 Å². The average Bonchev–Trinajstić information content (AvgIpc) is 3.08. The molecule has 0 spiro atoms. The molecule has 8 atom stereocenters. The van der Waals surface area contributed by atoms with Crippen LogP contribution in [0.3, 0.4) is 0 Å². The Labute approximate surface area is 198 Å². The van der Waals surface area contributed by atoms with Gasteiger partial charge in [0, 0.05) is 12.3 Å². The maximum absolute atomic E-state index is 13.5. The van der Waals surface area contributed by atoms with Crippen molar-refractivity contribution in [3.05, 3.63) is 11.6 Å². The summed E-state index contributed by atoms with van der Waals surface area (Å²) < 4.78 is 0. The fraction of sp³-hybridized carbons (Fsp3) is 0.900. The van der Waals surface area contributed by atoms with Crippen molar-refractivity contribution in [2.75, 3.05) is 0 Å². The lowest BCUT2D eigenvalue weighted by Gasteiger charge is -2.58. The first-order chi connectivity index (χ1) is 15.0. The van der Waals surface area contributed by atoms with Crippen LogP contribution in [-0.2, 0) is 4.79 Å². The Hall–Kier alpha value is -0.630. The van der Waals surface area contributed by atoms with E-state index in [2.05, 4.69) is 54.5 Å². The first-order valence-corrected chi connectivity index (χ1v) is 13.9. The zero-order valence-corrected chi connectivity index (χ0v) is 22.0. The zero-order chi connectivity index (χ0) is 23.4. The number of hydrogen-bond donors (Lipinski definition) is 1. The molecule has 2 heteroatoms. The second kappa shape index (κ2) is 8.86. The molecular weight excluding hydrogens is 392 g/mol. The Balaban J connectivity index is 1.51. The molecule has 0 aromatic rings. The number of aliphatic hydroxyl groups is 1. The van der Waals surface area contributed by atoms with Crippen LogP contribution in [0, 0.1) is 58.2 Å². The van der Waals surface area contributed by atoms with Crippen molar-refractivity contribution in [3.8, 4) is 0 Å². The number of ketones is 1. The molecule has 0 heterocycles. The summed E-state index contributed by atoms with van der Waals surface area (Å²) in [5, 5.41) is 10.3. The lowest BCUT2D eigenvalue weighted by Crippen LogP contribution is -2.51. The molecule has 0 aliphatic heterocycles. The number of rotatable bonds is 6. The van der Waals surface area contributed by atoms with Crippen molar-refractivity contribution in [1.82, 2.24) is 0 Å². The lowest BCUT2D eigenvalue weighted by molar-refractivity contribution is -0.129. The van der Waals surface area contributed by atoms with Gasteiger partial charge >= 0.3 is 0 Å². The minimum atomic E-state index is -0.122. The van der Waals surface area contributed by atoms with Gasteiger partial charge in [-0.05, 0) is 104 Å². The summed E-state index contributed by atoms with van der Waals surface area (Å²) in [6.07, 6.45) is 12.6. The predicted octanol–water partition coefficient (Wildman–Crippen LogP) is 7.45. The second-order valence-corrected chi connectivity index (χ2v) is 13.5. The molecule has 0 radical (unpaired) electrons. The Kier molecular flexibility index (Phi) is 6.78. The highest BCUT2D eigenvalue weighted by molar-refractivity contribution is 5.81. The predicted molar refractivity (Wildman–Crippen MR) is 133 cm³/mol. The second-order valence-electron chi connectivity index (χ2n) is 13.5. The maximum Gasteiger partial charge on any atom is 0.136 e. The van der Waals surface area contributed by atoms with Crippen molar-refractivity contribution in [2.45, 2.75) is 112 Å². The minimum absolute atomic E-state index is 0.122. The van der Waals surface area contributed by atoms with Crippen LogP contribution >= 0.6 is 0 Å². The van der Waals surface area contributed by atoms with E-state index >= 15 is 0 Å². The van der Waals surface area contributed by atoms with Crippen molar-refractivity contribution in [1.29, 1.82) is 0 Å². The summed E-state index contributed by atoms with van der Waals surface area (Å²) in [7, 11) is 0. The maximum atomic E-state index is 13.5. The molecule has 32 heavy (non-hydrogen) atoms. The van der Waals surface area contributed by atoms with Crippen LogP contribution in [0.15, 0.2) is 11.6 Å². The molecule has 3 unspecified atom stereocenters. The highest BCUT2D eigenvalue weighted by Crippen LogP contribution is 2.67. The summed E-state index contributed by atoms with van der Waals surface area (Å²) in [5.41, 5.74) is 2.20. The third kappa shape index (κ3) is 3.95. The third-order valence-electron chi connectivity index (χ3n) is 11.4. The smallest absolute Gasteiger partial charge is 0.136 e. The molecule has 4 aliphatic rings. The van der Waals surface area contributed by atoms with E-state index < -0.39 is 0 Å². The number of carbonyl (C=O) groups is 1. The van der Waals surface area contributed by atoms with Gasteiger partial charge in [0.05, 0.1) is 6.10 Å². The van der Waals surface area contributed by atoms with Gasteiger partial charge in [-0.25, -0.2) is 0 Å². The van der Waals surface area contributed by atoms with Crippen LogP contribution in [0.4, 0.5) is 0 Å². The minimum Gasteiger partial charge on any atom is -0.393 e. The fourth-order valence-electron chi connectivity index (χ4n) is 9.39. The Morgan fingerprint density at radius 3 is 2.34 bits per heavy atom. The summed E-state index contributed by atoms with van der Waals surface area (Å²) in [6, 6.07) is 0. The fourth-order valence-corrected chi connectivity index (χ4v) is 9.39. The summed E-state index contributed by atoms with van der Waals surface area (Å²) >= 11 is 0. The summed E-state index contributed by atoms with van der Waals surface area (Å²) in [4.78, 5) is 13.5. The van der Waals surface area contributed by atoms with E-state index in [-0.39, 0.29) is 12.0 Å². The van der Waals surface area contributed by atoms with Gasteiger partial charge in [0.25, 0.3) is 0 Å². The molecule has 3 fully saturated rings. The average molecular weight is 443 g/mol. The molecule has 0 bridgehead atoms. The van der Waals surface area contributed by atoms with E-state index in [1.165, 1.54) is 32.1 Å². The van der Waals surface area contributed by atoms with Crippen LogP contribution in [0.5, 0.6) is 0 Å². The van der Waals surface area contributed by atoms with Gasteiger partial charge in [0.2, 0.25) is 0 Å². The molecule has 0 aromatic carbocycles. The van der Waals surface area contributed by atoms with Gasteiger partial charge in [0.1, 0.15) is 5.78 Å². The van der Waals surface area contributed by atoms with E-state index in [9.17, 15) is 9.90 Å². The lowest BCUT2D eigenvalue weighted by atomic mass is 9.47. The van der Waals surface area contributed by atoms with Crippen molar-refractivity contribution < 1.29 is 9.90 Å². The molecular formula is C30H50O2. The van der Waals surface area contributed by atoms with Gasteiger partial charge in [0.15, 0.2) is 0 Å². The van der Waals surface area contributed by atoms with E-state index in [1.54, 1.807) is 5.57 Å².